The van der Waals surface area contributed by atoms with Gasteiger partial charge in [0.05, 0.1) is 0 Å². The van der Waals surface area contributed by atoms with Crippen LogP contribution in [-0.2, 0) is 0 Å². The zero-order valence-corrected chi connectivity index (χ0v) is 2.67. The lowest BCUT2D eigenvalue weighted by Crippen LogP contribution is -1.90. The average Bonchev–Trinajstić information content (AvgIpc) is 2.12. The van der Waals surface area contributed by atoms with Crippen molar-refractivity contribution in [3.8, 4) is 0 Å². The first-order valence-electron chi connectivity index (χ1n) is 1.12. The second-order valence-corrected chi connectivity index (χ2v) is 0.555. The molecule has 0 amide bonds. The van der Waals surface area contributed by atoms with Gasteiger partial charge in [-0.05, 0) is 0 Å². The summed E-state index contributed by atoms with van der Waals surface area (Å²) in [7, 11) is 1.44. The monoisotopic (exact) mass is 77.0 g/mol. The van der Waals surface area contributed by atoms with Gasteiger partial charge < -0.3 is 4.84 Å². The highest BCUT2D eigenvalue weighted by molar-refractivity contribution is 3.67. The van der Waals surface area contributed by atoms with E-state index in [4.69, 9.17) is 0 Å². The number of hydrogen-bond donors (Lipinski definition) is 0. The fourth-order valence-electron chi connectivity index (χ4n) is 0.0745. The Hall–Kier alpha value is -0.800. The maximum Gasteiger partial charge on any atom is 0.216 e. The highest BCUT2D eigenvalue weighted by Gasteiger charge is 1.92. The maximum atomic E-state index is 4.25. The number of rotatable bonds is 1. The summed E-state index contributed by atoms with van der Waals surface area (Å²) >= 11 is 0. The van der Waals surface area contributed by atoms with Gasteiger partial charge in [0, 0.05) is 0 Å². The summed E-state index contributed by atoms with van der Waals surface area (Å²) in [5.74, 6) is 0. The standard InChI is InChI=1S/CH3NO3/c1-3-2-4-5-2/h1H3. The molecule has 0 atom stereocenters. The van der Waals surface area contributed by atoms with E-state index in [1.54, 1.807) is 0 Å². The van der Waals surface area contributed by atoms with E-state index in [-0.39, 0.29) is 0 Å². The van der Waals surface area contributed by atoms with Gasteiger partial charge in [-0.25, -0.2) is 0 Å². The van der Waals surface area contributed by atoms with E-state index in [1.807, 2.05) is 0 Å². The lowest BCUT2D eigenvalue weighted by atomic mass is 11.7. The molecule has 1 aromatic heterocycles. The predicted octanol–water partition coefficient (Wildman–Crippen LogP) is -0.268. The van der Waals surface area contributed by atoms with Crippen LogP contribution in [0.3, 0.4) is 0 Å². The fraction of sp³-hybridized carbons (Fsp3) is 1.00. The molecular formula is CH3NO3. The van der Waals surface area contributed by atoms with Gasteiger partial charge in [0.25, 0.3) is 0 Å². The van der Waals surface area contributed by atoms with Crippen molar-refractivity contribution >= 4 is 0 Å². The van der Waals surface area contributed by atoms with Gasteiger partial charge in [-0.2, -0.15) is 0 Å². The average molecular weight is 77.0 g/mol. The maximum absolute atomic E-state index is 4.25. The van der Waals surface area contributed by atoms with Crippen molar-refractivity contribution in [2.45, 2.75) is 0 Å². The molecule has 1 aromatic rings. The first kappa shape index (κ1) is 2.44. The molecule has 0 N–H and O–H groups in total. The quantitative estimate of drug-likeness (QED) is 0.433. The van der Waals surface area contributed by atoms with Crippen LogP contribution >= 0.6 is 0 Å². The Bertz CT molecular complexity index is 75.3. The van der Waals surface area contributed by atoms with Crippen LogP contribution in [-0.4, -0.2) is 12.2 Å². The zero-order chi connectivity index (χ0) is 3.70. The van der Waals surface area contributed by atoms with Gasteiger partial charge in [-0.15, -0.1) is 0 Å². The van der Waals surface area contributed by atoms with Gasteiger partial charge in [0.2, 0.25) is 5.08 Å². The van der Waals surface area contributed by atoms with Crippen molar-refractivity contribution < 1.29 is 14.2 Å². The topological polar surface area (TPSA) is 40.4 Å². The molecule has 4 nitrogen and oxygen atoms in total. The summed E-state index contributed by atoms with van der Waals surface area (Å²) in [5, 5.41) is 0.875. The van der Waals surface area contributed by atoms with Gasteiger partial charge in [0.1, 0.15) is 7.11 Å². The van der Waals surface area contributed by atoms with Gasteiger partial charge in [-0.3, -0.25) is 0 Å². The minimum absolute atomic E-state index is 0.875. The first-order valence-corrected chi connectivity index (χ1v) is 1.12. The Morgan fingerprint density at radius 1 is 1.60 bits per heavy atom. The van der Waals surface area contributed by atoms with Crippen LogP contribution in [0.4, 0.5) is 0 Å². The van der Waals surface area contributed by atoms with Crippen LogP contribution < -0.4 is 4.84 Å². The minimum Gasteiger partial charge on any atom is -0.356 e. The second kappa shape index (κ2) is 0.573. The molecule has 0 aliphatic carbocycles. The van der Waals surface area contributed by atoms with Crippen molar-refractivity contribution in [3.63, 3.8) is 0 Å². The second-order valence-electron chi connectivity index (χ2n) is 0.555. The van der Waals surface area contributed by atoms with Crippen molar-refractivity contribution in [1.82, 2.24) is 5.08 Å². The van der Waals surface area contributed by atoms with E-state index < -0.39 is 0 Å². The van der Waals surface area contributed by atoms with E-state index in [1.165, 1.54) is 7.11 Å². The molecule has 0 fully saturated rings. The van der Waals surface area contributed by atoms with Gasteiger partial charge in [0.15, 0.2) is 0 Å². The van der Waals surface area contributed by atoms with Gasteiger partial charge in [-0.1, -0.05) is 9.36 Å². The minimum atomic E-state index is 0.875. The Kier molecular flexibility index (Phi) is 0.279. The van der Waals surface area contributed by atoms with E-state index in [9.17, 15) is 0 Å². The third-order valence-corrected chi connectivity index (χ3v) is 0.284. The highest BCUT2D eigenvalue weighted by atomic mass is 17.4. The van der Waals surface area contributed by atoms with Crippen LogP contribution in [0.25, 0.3) is 0 Å². The van der Waals surface area contributed by atoms with Gasteiger partial charge >= 0.3 is 0 Å². The molecule has 0 unspecified atom stereocenters. The normalized spacial score (nSPS) is 9.00. The molecule has 30 valence electrons. The summed E-state index contributed by atoms with van der Waals surface area (Å²) in [4.78, 5) is 4.25. The Morgan fingerprint density at radius 2 is 2.20 bits per heavy atom. The van der Waals surface area contributed by atoms with E-state index in [0.29, 0.717) is 0 Å². The Morgan fingerprint density at radius 3 is 2.20 bits per heavy atom. The molecule has 0 saturated heterocycles. The molecule has 0 bridgehead atoms. The molecule has 0 spiro atoms. The molecule has 0 radical (unpaired) electrons. The molecule has 1 heterocycles. The summed E-state index contributed by atoms with van der Waals surface area (Å²) in [5.41, 5.74) is 0. The molecule has 0 aromatic carbocycles. The van der Waals surface area contributed by atoms with E-state index in [0.717, 1.165) is 5.08 Å². The van der Waals surface area contributed by atoms with Crippen molar-refractivity contribution in [3.05, 3.63) is 0 Å². The molecule has 5 heavy (non-hydrogen) atoms. The lowest BCUT2D eigenvalue weighted by Gasteiger charge is -1.67. The lowest BCUT2D eigenvalue weighted by molar-refractivity contribution is 0.0847. The molecule has 4 heteroatoms. The Labute approximate surface area is 27.7 Å². The van der Waals surface area contributed by atoms with Crippen LogP contribution in [0.5, 0.6) is 0 Å². The molecule has 0 aliphatic rings. The van der Waals surface area contributed by atoms with Crippen LogP contribution in [0.15, 0.2) is 9.36 Å². The molecule has 0 saturated carbocycles. The third-order valence-electron chi connectivity index (χ3n) is 0.284. The molecular weight excluding hydrogens is 74.0 g/mol. The summed E-state index contributed by atoms with van der Waals surface area (Å²) in [6.45, 7) is 0. The van der Waals surface area contributed by atoms with Crippen LogP contribution in [0, 0.1) is 0 Å². The van der Waals surface area contributed by atoms with Crippen molar-refractivity contribution in [2.75, 3.05) is 7.11 Å². The highest BCUT2D eigenvalue weighted by Crippen LogP contribution is 1.82. The van der Waals surface area contributed by atoms with E-state index >= 15 is 0 Å². The Balaban J connectivity index is 2.35. The fourth-order valence-corrected chi connectivity index (χ4v) is 0.0745. The zero-order valence-electron chi connectivity index (χ0n) is 2.67. The third kappa shape index (κ3) is 0.261. The van der Waals surface area contributed by atoms with Crippen molar-refractivity contribution in [2.24, 2.45) is 0 Å². The van der Waals surface area contributed by atoms with Crippen LogP contribution in [0.2, 0.25) is 0 Å². The summed E-state index contributed by atoms with van der Waals surface area (Å²) < 4.78 is 7.94. The van der Waals surface area contributed by atoms with Crippen molar-refractivity contribution in [1.29, 1.82) is 0 Å². The van der Waals surface area contributed by atoms with Crippen LogP contribution in [0.1, 0.15) is 0 Å². The van der Waals surface area contributed by atoms with E-state index in [2.05, 4.69) is 14.2 Å². The predicted molar refractivity (Wildman–Crippen MR) is 11.5 cm³/mol. The summed E-state index contributed by atoms with van der Waals surface area (Å²) in [6.07, 6.45) is 0. The number of aromatic nitrogens is 1. The molecule has 0 aliphatic heterocycles. The number of nitrogens with zero attached hydrogens (tertiary/aromatic N) is 1. The smallest absolute Gasteiger partial charge is 0.216 e. The number of hydrogen-bond acceptors (Lipinski definition) is 3. The largest absolute Gasteiger partial charge is 0.356 e. The molecule has 1 rings (SSSR count). The summed E-state index contributed by atoms with van der Waals surface area (Å²) in [6, 6.07) is 0. The SMILES string of the molecule is COn1oo1. The first-order chi connectivity index (χ1) is 2.43.